The van der Waals surface area contributed by atoms with Crippen molar-refractivity contribution in [3.8, 4) is 0 Å². The van der Waals surface area contributed by atoms with Gasteiger partial charge in [0.25, 0.3) is 0 Å². The number of aldehydes is 1. The maximum absolute atomic E-state index is 10.7. The predicted molar refractivity (Wildman–Crippen MR) is 59.2 cm³/mol. The monoisotopic (exact) mass is 195 g/mol. The van der Waals surface area contributed by atoms with Crippen LogP contribution < -0.4 is 5.32 Å². The molecule has 0 saturated carbocycles. The zero-order valence-electron chi connectivity index (χ0n) is 9.20. The summed E-state index contributed by atoms with van der Waals surface area (Å²) in [6.45, 7) is 4.40. The molecule has 2 atom stereocenters. The first-order valence-electron chi connectivity index (χ1n) is 5.68. The van der Waals surface area contributed by atoms with E-state index < -0.39 is 0 Å². The first-order valence-corrected chi connectivity index (χ1v) is 5.68. The van der Waals surface area contributed by atoms with Crippen LogP contribution in [0.25, 0.3) is 0 Å². The van der Waals surface area contributed by atoms with Gasteiger partial charge in [-0.3, -0.25) is 0 Å². The molecule has 0 saturated heterocycles. The molecule has 0 aromatic heterocycles. The van der Waals surface area contributed by atoms with Crippen LogP contribution in [0.1, 0.15) is 39.5 Å². The molecule has 2 nitrogen and oxygen atoms in total. The van der Waals surface area contributed by atoms with Crippen LogP contribution in [-0.2, 0) is 4.79 Å². The molecule has 0 radical (unpaired) electrons. The van der Waals surface area contributed by atoms with Gasteiger partial charge < -0.3 is 10.1 Å². The third-order valence-electron chi connectivity index (χ3n) is 2.99. The number of allylic oxidation sites excluding steroid dienone is 1. The van der Waals surface area contributed by atoms with Crippen molar-refractivity contribution in [3.05, 3.63) is 12.2 Å². The highest BCUT2D eigenvalue weighted by Gasteiger charge is 2.18. The molecule has 2 unspecified atom stereocenters. The number of carbonyl (C=O) groups is 1. The van der Waals surface area contributed by atoms with E-state index in [-0.39, 0.29) is 5.92 Å². The molecule has 0 amide bonds. The summed E-state index contributed by atoms with van der Waals surface area (Å²) in [5.74, 6) is 0.229. The number of nitrogens with one attached hydrogen (secondary N) is 1. The van der Waals surface area contributed by atoms with E-state index >= 15 is 0 Å². The van der Waals surface area contributed by atoms with Gasteiger partial charge in [-0.1, -0.05) is 26.0 Å². The summed E-state index contributed by atoms with van der Waals surface area (Å²) in [4.78, 5) is 10.7. The van der Waals surface area contributed by atoms with Gasteiger partial charge in [0.2, 0.25) is 0 Å². The first kappa shape index (κ1) is 11.4. The maximum Gasteiger partial charge on any atom is 0.123 e. The van der Waals surface area contributed by atoms with Crippen LogP contribution in [0.4, 0.5) is 0 Å². The Labute approximate surface area is 86.8 Å². The van der Waals surface area contributed by atoms with Gasteiger partial charge in [-0.25, -0.2) is 0 Å². The molecule has 1 rings (SSSR count). The van der Waals surface area contributed by atoms with Crippen molar-refractivity contribution in [1.82, 2.24) is 5.32 Å². The SMILES string of the molecule is CCC(CC)NC1C=CCC(C=O)C1. The summed E-state index contributed by atoms with van der Waals surface area (Å²) >= 11 is 0. The van der Waals surface area contributed by atoms with Gasteiger partial charge in [0, 0.05) is 18.0 Å². The minimum absolute atomic E-state index is 0.229. The lowest BCUT2D eigenvalue weighted by Crippen LogP contribution is -2.38. The van der Waals surface area contributed by atoms with Gasteiger partial charge in [-0.05, 0) is 25.7 Å². The average Bonchev–Trinajstić information content (AvgIpc) is 2.26. The molecule has 0 bridgehead atoms. The van der Waals surface area contributed by atoms with E-state index in [1.807, 2.05) is 0 Å². The number of hydrogen-bond acceptors (Lipinski definition) is 2. The van der Waals surface area contributed by atoms with E-state index in [9.17, 15) is 4.79 Å². The molecule has 0 fully saturated rings. The van der Waals surface area contributed by atoms with Crippen LogP contribution in [0.2, 0.25) is 0 Å². The zero-order valence-corrected chi connectivity index (χ0v) is 9.20. The van der Waals surface area contributed by atoms with Crippen molar-refractivity contribution in [2.75, 3.05) is 0 Å². The second-order valence-electron chi connectivity index (χ2n) is 4.08. The van der Waals surface area contributed by atoms with Gasteiger partial charge in [-0.2, -0.15) is 0 Å². The van der Waals surface area contributed by atoms with Gasteiger partial charge in [0.05, 0.1) is 0 Å². The molecule has 1 aliphatic carbocycles. The van der Waals surface area contributed by atoms with Gasteiger partial charge >= 0.3 is 0 Å². The van der Waals surface area contributed by atoms with Gasteiger partial charge in [-0.15, -0.1) is 0 Å². The minimum atomic E-state index is 0.229. The molecule has 1 aliphatic rings. The van der Waals surface area contributed by atoms with E-state index in [4.69, 9.17) is 0 Å². The van der Waals surface area contributed by atoms with Crippen molar-refractivity contribution in [3.63, 3.8) is 0 Å². The van der Waals surface area contributed by atoms with E-state index in [2.05, 4.69) is 31.3 Å². The van der Waals surface area contributed by atoms with Crippen LogP contribution in [0.3, 0.4) is 0 Å². The summed E-state index contributed by atoms with van der Waals surface area (Å²) in [5.41, 5.74) is 0. The molecule has 0 aromatic carbocycles. The topological polar surface area (TPSA) is 29.1 Å². The molecular formula is C12H21NO. The van der Waals surface area contributed by atoms with E-state index in [0.29, 0.717) is 12.1 Å². The molecule has 2 heteroatoms. The van der Waals surface area contributed by atoms with Crippen molar-refractivity contribution >= 4 is 6.29 Å². The average molecular weight is 195 g/mol. The summed E-state index contributed by atoms with van der Waals surface area (Å²) in [7, 11) is 0. The fraction of sp³-hybridized carbons (Fsp3) is 0.750. The van der Waals surface area contributed by atoms with E-state index in [1.54, 1.807) is 0 Å². The second kappa shape index (κ2) is 5.97. The third kappa shape index (κ3) is 3.26. The molecule has 0 spiro atoms. The fourth-order valence-electron chi connectivity index (χ4n) is 1.98. The Morgan fingerprint density at radius 2 is 2.21 bits per heavy atom. The molecule has 0 heterocycles. The number of carbonyl (C=O) groups excluding carboxylic acids is 1. The normalized spacial score (nSPS) is 26.8. The molecule has 14 heavy (non-hydrogen) atoms. The van der Waals surface area contributed by atoms with Crippen LogP contribution in [0, 0.1) is 5.92 Å². The minimum Gasteiger partial charge on any atom is -0.308 e. The highest BCUT2D eigenvalue weighted by atomic mass is 16.1. The molecule has 0 aliphatic heterocycles. The Balaban J connectivity index is 2.40. The lowest BCUT2D eigenvalue weighted by Gasteiger charge is -2.26. The predicted octanol–water partition coefficient (Wildman–Crippen LogP) is 2.30. The summed E-state index contributed by atoms with van der Waals surface area (Å²) in [5, 5.41) is 3.57. The highest BCUT2D eigenvalue weighted by Crippen LogP contribution is 2.17. The summed E-state index contributed by atoms with van der Waals surface area (Å²) in [6.07, 6.45) is 9.63. The van der Waals surface area contributed by atoms with Crippen molar-refractivity contribution < 1.29 is 4.79 Å². The lowest BCUT2D eigenvalue weighted by molar-refractivity contribution is -0.111. The second-order valence-corrected chi connectivity index (χ2v) is 4.08. The standard InChI is InChI=1S/C12H21NO/c1-3-11(4-2)13-12-7-5-6-10(8-12)9-14/h5,7,9-13H,3-4,6,8H2,1-2H3. The highest BCUT2D eigenvalue weighted by molar-refractivity contribution is 5.54. The summed E-state index contributed by atoms with van der Waals surface area (Å²) in [6, 6.07) is 0.999. The Morgan fingerprint density at radius 1 is 1.50 bits per heavy atom. The quantitative estimate of drug-likeness (QED) is 0.538. The largest absolute Gasteiger partial charge is 0.308 e. The Morgan fingerprint density at radius 3 is 2.79 bits per heavy atom. The van der Waals surface area contributed by atoms with Crippen molar-refractivity contribution in [2.45, 2.75) is 51.6 Å². The fourth-order valence-corrected chi connectivity index (χ4v) is 1.98. The van der Waals surface area contributed by atoms with Gasteiger partial charge in [0.15, 0.2) is 0 Å². The van der Waals surface area contributed by atoms with Crippen LogP contribution in [0.15, 0.2) is 12.2 Å². The van der Waals surface area contributed by atoms with E-state index in [0.717, 1.165) is 32.0 Å². The number of hydrogen-bond donors (Lipinski definition) is 1. The maximum atomic E-state index is 10.7. The Bertz CT molecular complexity index is 196. The number of rotatable bonds is 5. The zero-order chi connectivity index (χ0) is 10.4. The van der Waals surface area contributed by atoms with Gasteiger partial charge in [0.1, 0.15) is 6.29 Å². The smallest absolute Gasteiger partial charge is 0.123 e. The first-order chi connectivity index (χ1) is 6.80. The lowest BCUT2D eigenvalue weighted by atomic mass is 9.91. The molecular weight excluding hydrogens is 174 g/mol. The van der Waals surface area contributed by atoms with Crippen LogP contribution in [-0.4, -0.2) is 18.4 Å². The van der Waals surface area contributed by atoms with E-state index in [1.165, 1.54) is 0 Å². The van der Waals surface area contributed by atoms with Crippen molar-refractivity contribution in [2.24, 2.45) is 5.92 Å². The van der Waals surface area contributed by atoms with Crippen molar-refractivity contribution in [1.29, 1.82) is 0 Å². The Hall–Kier alpha value is -0.630. The molecule has 1 N–H and O–H groups in total. The summed E-state index contributed by atoms with van der Waals surface area (Å²) < 4.78 is 0. The van der Waals surface area contributed by atoms with Crippen LogP contribution >= 0.6 is 0 Å². The third-order valence-corrected chi connectivity index (χ3v) is 2.99. The molecule has 0 aromatic rings. The van der Waals surface area contributed by atoms with Crippen LogP contribution in [0.5, 0.6) is 0 Å². The molecule has 80 valence electrons. The Kier molecular flexibility index (Phi) is 4.88.